The fourth-order valence-electron chi connectivity index (χ4n) is 4.36. The van der Waals surface area contributed by atoms with Crippen molar-refractivity contribution >= 4 is 23.8 Å². The minimum atomic E-state index is -0.300. The summed E-state index contributed by atoms with van der Waals surface area (Å²) in [6.45, 7) is 5.87. The van der Waals surface area contributed by atoms with Gasteiger partial charge in [0.15, 0.2) is 0 Å². The second-order valence-electron chi connectivity index (χ2n) is 8.79. The van der Waals surface area contributed by atoms with Gasteiger partial charge < -0.3 is 15.0 Å². The van der Waals surface area contributed by atoms with Gasteiger partial charge in [0.2, 0.25) is 5.91 Å². The zero-order valence-electron chi connectivity index (χ0n) is 20.7. The van der Waals surface area contributed by atoms with Crippen LogP contribution in [0.15, 0.2) is 88.8 Å². The summed E-state index contributed by atoms with van der Waals surface area (Å²) in [7, 11) is 0. The van der Waals surface area contributed by atoms with E-state index in [0.29, 0.717) is 38.9 Å². The number of likely N-dealkylation sites (tertiary alicyclic amines) is 1. The average Bonchev–Trinajstić information content (AvgIpc) is 3.17. The molecule has 1 aliphatic heterocycles. The number of thioether (sulfide) groups is 1. The van der Waals surface area contributed by atoms with E-state index >= 15 is 0 Å². The third-order valence-corrected chi connectivity index (χ3v) is 7.50. The van der Waals surface area contributed by atoms with Gasteiger partial charge in [0.05, 0.1) is 0 Å². The highest BCUT2D eigenvalue weighted by Gasteiger charge is 2.39. The zero-order chi connectivity index (χ0) is 24.9. The summed E-state index contributed by atoms with van der Waals surface area (Å²) in [5.74, 6) is 0.0328. The molecule has 0 spiro atoms. The Labute approximate surface area is 213 Å². The van der Waals surface area contributed by atoms with Gasteiger partial charge in [-0.05, 0) is 49.7 Å². The predicted octanol–water partition coefficient (Wildman–Crippen LogP) is 6.28. The first-order valence-corrected chi connectivity index (χ1v) is 13.1. The van der Waals surface area contributed by atoms with E-state index in [2.05, 4.69) is 29.6 Å². The Bertz CT molecular complexity index is 1000. The fraction of sp³-hybridized carbons (Fsp3) is 0.379. The zero-order valence-corrected chi connectivity index (χ0v) is 21.6. The van der Waals surface area contributed by atoms with Crippen LogP contribution in [0.2, 0.25) is 0 Å². The lowest BCUT2D eigenvalue weighted by atomic mass is 9.70. The van der Waals surface area contributed by atoms with Crippen molar-refractivity contribution in [1.29, 1.82) is 0 Å². The van der Waals surface area contributed by atoms with E-state index in [-0.39, 0.29) is 24.0 Å². The maximum atomic E-state index is 13.0. The number of benzene rings is 1. The molecule has 1 fully saturated rings. The second kappa shape index (κ2) is 13.8. The van der Waals surface area contributed by atoms with E-state index in [4.69, 9.17) is 4.74 Å². The maximum absolute atomic E-state index is 13.0. The molecule has 0 bridgehead atoms. The van der Waals surface area contributed by atoms with Gasteiger partial charge in [-0.1, -0.05) is 72.9 Å². The molecule has 1 aromatic carbocycles. The quantitative estimate of drug-likeness (QED) is 0.441. The molecule has 35 heavy (non-hydrogen) atoms. The van der Waals surface area contributed by atoms with Crippen LogP contribution in [-0.2, 0) is 14.9 Å². The lowest BCUT2D eigenvalue weighted by Gasteiger charge is -2.41. The van der Waals surface area contributed by atoms with Gasteiger partial charge >= 0.3 is 6.09 Å². The van der Waals surface area contributed by atoms with Crippen LogP contribution in [0, 0.1) is 0 Å². The fourth-order valence-corrected chi connectivity index (χ4v) is 4.96. The van der Waals surface area contributed by atoms with E-state index in [9.17, 15) is 9.59 Å². The van der Waals surface area contributed by atoms with Gasteiger partial charge in [0.1, 0.15) is 6.61 Å². The summed E-state index contributed by atoms with van der Waals surface area (Å²) >= 11 is 1.62. The average molecular weight is 493 g/mol. The smallest absolute Gasteiger partial charge is 0.410 e. The number of ether oxygens (including phenoxy) is 1. The minimum Gasteiger partial charge on any atom is -0.445 e. The van der Waals surface area contributed by atoms with Crippen molar-refractivity contribution in [3.05, 3.63) is 94.3 Å². The number of carbonyl (C=O) groups is 2. The van der Waals surface area contributed by atoms with Crippen LogP contribution in [0.25, 0.3) is 0 Å². The van der Waals surface area contributed by atoms with Crippen molar-refractivity contribution in [3.8, 4) is 0 Å². The highest BCUT2D eigenvalue weighted by Crippen LogP contribution is 2.39. The van der Waals surface area contributed by atoms with E-state index in [1.165, 1.54) is 0 Å². The largest absolute Gasteiger partial charge is 0.445 e. The van der Waals surface area contributed by atoms with E-state index in [1.54, 1.807) is 16.7 Å². The summed E-state index contributed by atoms with van der Waals surface area (Å²) in [4.78, 5) is 28.6. The maximum Gasteiger partial charge on any atom is 0.410 e. The molecular weight excluding hydrogens is 456 g/mol. The van der Waals surface area contributed by atoms with Gasteiger partial charge in [-0.25, -0.2) is 4.79 Å². The number of hydrogen-bond acceptors (Lipinski definition) is 4. The first-order chi connectivity index (χ1) is 17.1. The molecule has 186 valence electrons. The molecule has 0 radical (unpaired) electrons. The lowest BCUT2D eigenvalue weighted by Crippen LogP contribution is -2.47. The van der Waals surface area contributed by atoms with Gasteiger partial charge in [0.25, 0.3) is 0 Å². The molecule has 0 atom stereocenters. The molecule has 1 heterocycles. The first kappa shape index (κ1) is 26.6. The monoisotopic (exact) mass is 492 g/mol. The van der Waals surface area contributed by atoms with Gasteiger partial charge in [-0.2, -0.15) is 0 Å². The van der Waals surface area contributed by atoms with Crippen molar-refractivity contribution < 1.29 is 14.3 Å². The molecule has 1 aliphatic carbocycles. The summed E-state index contributed by atoms with van der Waals surface area (Å²) in [5.41, 5.74) is 1.83. The van der Waals surface area contributed by atoms with Crippen molar-refractivity contribution in [2.45, 2.75) is 44.9 Å². The van der Waals surface area contributed by atoms with Crippen molar-refractivity contribution in [2.24, 2.45) is 0 Å². The summed E-state index contributed by atoms with van der Waals surface area (Å²) in [5, 5.41) is 5.11. The number of nitrogens with zero attached hydrogens (tertiary/aromatic N) is 1. The Morgan fingerprint density at radius 2 is 1.91 bits per heavy atom. The first-order valence-electron chi connectivity index (χ1n) is 12.3. The molecule has 0 unspecified atom stereocenters. The Balaban J connectivity index is 1.60. The number of carbonyl (C=O) groups excluding carboxylic acids is 2. The van der Waals surface area contributed by atoms with Crippen LogP contribution in [0.1, 0.15) is 45.1 Å². The normalized spacial score (nSPS) is 17.7. The third kappa shape index (κ3) is 8.03. The number of amides is 2. The van der Waals surface area contributed by atoms with Crippen molar-refractivity contribution in [2.75, 3.05) is 26.2 Å². The van der Waals surface area contributed by atoms with E-state index in [0.717, 1.165) is 22.5 Å². The Kier molecular flexibility index (Phi) is 10.5. The highest BCUT2D eigenvalue weighted by molar-refractivity contribution is 8.05. The number of hydrogen-bond donors (Lipinski definition) is 1. The van der Waals surface area contributed by atoms with Crippen LogP contribution < -0.4 is 5.32 Å². The molecule has 6 heteroatoms. The molecule has 0 aromatic heterocycles. The molecule has 3 rings (SSSR count). The Hall–Kier alpha value is -2.99. The molecule has 0 saturated carbocycles. The number of piperidine rings is 1. The van der Waals surface area contributed by atoms with Crippen molar-refractivity contribution in [1.82, 2.24) is 10.2 Å². The Morgan fingerprint density at radius 3 is 2.63 bits per heavy atom. The van der Waals surface area contributed by atoms with Gasteiger partial charge in [0, 0.05) is 36.4 Å². The summed E-state index contributed by atoms with van der Waals surface area (Å²) < 4.78 is 5.58. The van der Waals surface area contributed by atoms with E-state index in [1.807, 2.05) is 67.8 Å². The second-order valence-corrected chi connectivity index (χ2v) is 9.82. The van der Waals surface area contributed by atoms with Crippen LogP contribution in [0.4, 0.5) is 4.79 Å². The molecule has 1 aromatic rings. The molecular formula is C29H36N2O3S. The number of allylic oxidation sites excluding steroid dienone is 6. The standard InChI is InChI=1S/C29H36N2O3S/c1-3-20-35-26(4-2)22-30-27(32)21-29(25-14-10-7-11-15-25)16-18-31(19-17-29)28(33)34-23-24-12-8-5-6-9-13-24/h3-5,7-15,20H,6,16-19,21-23H2,1-2H3,(H,30,32)/b20-3-,26-4-. The van der Waals surface area contributed by atoms with Crippen LogP contribution in [-0.4, -0.2) is 43.1 Å². The van der Waals surface area contributed by atoms with Crippen molar-refractivity contribution in [3.63, 3.8) is 0 Å². The molecule has 1 saturated heterocycles. The lowest BCUT2D eigenvalue weighted by molar-refractivity contribution is -0.122. The summed E-state index contributed by atoms with van der Waals surface area (Å²) in [6, 6.07) is 10.2. The molecule has 2 aliphatic rings. The molecule has 1 N–H and O–H groups in total. The van der Waals surface area contributed by atoms with Gasteiger partial charge in [-0.15, -0.1) is 11.8 Å². The predicted molar refractivity (Wildman–Crippen MR) is 145 cm³/mol. The van der Waals surface area contributed by atoms with Crippen LogP contribution in [0.3, 0.4) is 0 Å². The van der Waals surface area contributed by atoms with E-state index < -0.39 is 0 Å². The topological polar surface area (TPSA) is 58.6 Å². The third-order valence-electron chi connectivity index (χ3n) is 6.41. The molecule has 2 amide bonds. The summed E-state index contributed by atoms with van der Waals surface area (Å²) in [6.07, 6.45) is 16.5. The van der Waals surface area contributed by atoms with Crippen LogP contribution in [0.5, 0.6) is 0 Å². The minimum absolute atomic E-state index is 0.0328. The number of nitrogens with one attached hydrogen (secondary N) is 1. The van der Waals surface area contributed by atoms with Crippen LogP contribution >= 0.6 is 11.8 Å². The highest BCUT2D eigenvalue weighted by atomic mass is 32.2. The number of rotatable bonds is 9. The SMILES string of the molecule is C/C=C\S/C(=C\C)CNC(=O)CC1(c2ccccc2)CCN(C(=O)OCC2=CC=CCC=C2)CC1. The van der Waals surface area contributed by atoms with Gasteiger partial charge in [-0.3, -0.25) is 4.79 Å². The molecule has 5 nitrogen and oxygen atoms in total. The Morgan fingerprint density at radius 1 is 1.14 bits per heavy atom.